The van der Waals surface area contributed by atoms with Crippen molar-refractivity contribution >= 4 is 29.0 Å². The number of nitrogens with one attached hydrogen (secondary N) is 1. The van der Waals surface area contributed by atoms with Crippen molar-refractivity contribution in [3.8, 4) is 0 Å². The van der Waals surface area contributed by atoms with Gasteiger partial charge >= 0.3 is 0 Å². The Morgan fingerprint density at radius 1 is 1.00 bits per heavy atom. The zero-order valence-corrected chi connectivity index (χ0v) is 14.3. The summed E-state index contributed by atoms with van der Waals surface area (Å²) in [6.07, 6.45) is 0. The Bertz CT molecular complexity index is 655. The van der Waals surface area contributed by atoms with E-state index in [1.165, 1.54) is 0 Å². The van der Waals surface area contributed by atoms with Gasteiger partial charge in [-0.15, -0.1) is 0 Å². The number of hydrogen-bond donors (Lipinski definition) is 1. The fourth-order valence-electron chi connectivity index (χ4n) is 2.64. The van der Waals surface area contributed by atoms with Crippen LogP contribution in [0.3, 0.4) is 0 Å². The molecule has 2 aromatic carbocycles. The van der Waals surface area contributed by atoms with E-state index in [2.05, 4.69) is 36.3 Å². The maximum absolute atomic E-state index is 12.5. The molecule has 1 aliphatic heterocycles. The summed E-state index contributed by atoms with van der Waals surface area (Å²) in [4.78, 5) is 16.9. The smallest absolute Gasteiger partial charge is 0.252 e. The van der Waals surface area contributed by atoms with Crippen molar-refractivity contribution in [1.29, 1.82) is 0 Å². The van der Waals surface area contributed by atoms with Gasteiger partial charge in [0.1, 0.15) is 0 Å². The average molecular weight is 327 g/mol. The van der Waals surface area contributed by atoms with E-state index in [4.69, 9.17) is 0 Å². The third-order valence-corrected chi connectivity index (χ3v) is 5.06. The first-order chi connectivity index (χ1) is 11.2. The molecule has 0 atom stereocenters. The normalized spacial score (nSPS) is 12.7. The standard InChI is InChI=1S/C18H21N3OS/c1-3-20(4-2)13-18(22)19-21-14-9-5-7-11-16(14)23-17-12-8-6-10-15(17)21/h5-12H,3-4,13H2,1-2H3,(H,19,22). The van der Waals surface area contributed by atoms with Crippen LogP contribution in [0, 0.1) is 0 Å². The van der Waals surface area contributed by atoms with Gasteiger partial charge in [-0.2, -0.15) is 0 Å². The first-order valence-corrected chi connectivity index (χ1v) is 8.72. The summed E-state index contributed by atoms with van der Waals surface area (Å²) < 4.78 is 0. The molecule has 120 valence electrons. The highest BCUT2D eigenvalue weighted by atomic mass is 32.2. The van der Waals surface area contributed by atoms with E-state index in [0.717, 1.165) is 34.3 Å². The van der Waals surface area contributed by atoms with Gasteiger partial charge < -0.3 is 0 Å². The predicted molar refractivity (Wildman–Crippen MR) is 95.1 cm³/mol. The van der Waals surface area contributed by atoms with Crippen molar-refractivity contribution in [1.82, 2.24) is 10.3 Å². The fraction of sp³-hybridized carbons (Fsp3) is 0.278. The van der Waals surface area contributed by atoms with Gasteiger partial charge in [-0.05, 0) is 37.4 Å². The Morgan fingerprint density at radius 3 is 2.04 bits per heavy atom. The molecule has 0 saturated heterocycles. The topological polar surface area (TPSA) is 35.6 Å². The quantitative estimate of drug-likeness (QED) is 0.909. The zero-order valence-electron chi connectivity index (χ0n) is 13.5. The van der Waals surface area contributed by atoms with E-state index in [-0.39, 0.29) is 5.91 Å². The van der Waals surface area contributed by atoms with Crippen molar-refractivity contribution in [2.24, 2.45) is 0 Å². The number of carbonyl (C=O) groups is 1. The molecule has 0 aliphatic carbocycles. The molecular weight excluding hydrogens is 306 g/mol. The molecule has 3 rings (SSSR count). The van der Waals surface area contributed by atoms with Crippen LogP contribution in [0.2, 0.25) is 0 Å². The molecular formula is C18H21N3OS. The lowest BCUT2D eigenvalue weighted by atomic mass is 10.2. The molecule has 0 radical (unpaired) electrons. The molecule has 0 bridgehead atoms. The number of fused-ring (bicyclic) bond motifs is 2. The zero-order chi connectivity index (χ0) is 16.2. The van der Waals surface area contributed by atoms with Crippen LogP contribution in [-0.4, -0.2) is 30.4 Å². The number of benzene rings is 2. The van der Waals surface area contributed by atoms with Crippen LogP contribution in [-0.2, 0) is 4.79 Å². The second-order valence-electron chi connectivity index (χ2n) is 5.37. The fourth-order valence-corrected chi connectivity index (χ4v) is 3.69. The summed E-state index contributed by atoms with van der Waals surface area (Å²) in [7, 11) is 0. The van der Waals surface area contributed by atoms with Crippen LogP contribution in [0.25, 0.3) is 0 Å². The number of hydrogen-bond acceptors (Lipinski definition) is 4. The van der Waals surface area contributed by atoms with Crippen LogP contribution in [0.1, 0.15) is 13.8 Å². The lowest BCUT2D eigenvalue weighted by Gasteiger charge is -2.33. The number of nitrogens with zero attached hydrogens (tertiary/aromatic N) is 2. The van der Waals surface area contributed by atoms with Gasteiger partial charge in [0.2, 0.25) is 0 Å². The van der Waals surface area contributed by atoms with Crippen molar-refractivity contribution < 1.29 is 4.79 Å². The molecule has 1 heterocycles. The second-order valence-corrected chi connectivity index (χ2v) is 6.45. The summed E-state index contributed by atoms with van der Waals surface area (Å²) in [5.41, 5.74) is 5.11. The lowest BCUT2D eigenvalue weighted by molar-refractivity contribution is -0.122. The minimum atomic E-state index is 0.00482. The number of rotatable bonds is 5. The summed E-state index contributed by atoms with van der Waals surface area (Å²) in [5.74, 6) is 0.00482. The highest BCUT2D eigenvalue weighted by Crippen LogP contribution is 2.46. The molecule has 5 heteroatoms. The Balaban J connectivity index is 1.88. The predicted octanol–water partition coefficient (Wildman–Crippen LogP) is 3.66. The maximum Gasteiger partial charge on any atom is 0.252 e. The summed E-state index contributed by atoms with van der Waals surface area (Å²) >= 11 is 1.73. The third-order valence-electron chi connectivity index (χ3n) is 3.93. The number of hydrazine groups is 1. The molecule has 4 nitrogen and oxygen atoms in total. The van der Waals surface area contributed by atoms with E-state index in [9.17, 15) is 4.79 Å². The second kappa shape index (κ2) is 7.06. The van der Waals surface area contributed by atoms with Gasteiger partial charge in [0.25, 0.3) is 5.91 Å². The first-order valence-electron chi connectivity index (χ1n) is 7.90. The number of para-hydroxylation sites is 2. The molecule has 1 amide bonds. The van der Waals surface area contributed by atoms with E-state index >= 15 is 0 Å². The van der Waals surface area contributed by atoms with Gasteiger partial charge in [-0.25, -0.2) is 0 Å². The van der Waals surface area contributed by atoms with Gasteiger partial charge in [0, 0.05) is 9.79 Å². The summed E-state index contributed by atoms with van der Waals surface area (Å²) in [6.45, 7) is 6.28. The number of likely N-dealkylation sites (N-methyl/N-ethyl adjacent to an activating group) is 1. The van der Waals surface area contributed by atoms with Gasteiger partial charge in [0.05, 0.1) is 17.9 Å². The maximum atomic E-state index is 12.5. The van der Waals surface area contributed by atoms with E-state index in [0.29, 0.717) is 6.54 Å². The molecule has 1 N–H and O–H groups in total. The van der Waals surface area contributed by atoms with Crippen molar-refractivity contribution in [2.75, 3.05) is 24.6 Å². The Kier molecular flexibility index (Phi) is 4.88. The highest BCUT2D eigenvalue weighted by Gasteiger charge is 2.24. The lowest BCUT2D eigenvalue weighted by Crippen LogP contribution is -2.45. The number of anilines is 2. The minimum Gasteiger partial charge on any atom is -0.295 e. The SMILES string of the molecule is CCN(CC)CC(=O)NN1c2ccccc2Sc2ccccc21. The van der Waals surface area contributed by atoms with Crippen LogP contribution in [0.4, 0.5) is 11.4 Å². The summed E-state index contributed by atoms with van der Waals surface area (Å²) in [5, 5.41) is 1.91. The largest absolute Gasteiger partial charge is 0.295 e. The molecule has 0 unspecified atom stereocenters. The number of amides is 1. The Hall–Kier alpha value is -1.98. The average Bonchev–Trinajstić information content (AvgIpc) is 2.59. The van der Waals surface area contributed by atoms with Gasteiger partial charge in [0.15, 0.2) is 0 Å². The highest BCUT2D eigenvalue weighted by molar-refractivity contribution is 7.99. The summed E-state index contributed by atoms with van der Waals surface area (Å²) in [6, 6.07) is 16.3. The van der Waals surface area contributed by atoms with E-state index in [1.54, 1.807) is 11.8 Å². The van der Waals surface area contributed by atoms with Crippen molar-refractivity contribution in [2.45, 2.75) is 23.6 Å². The molecule has 0 fully saturated rings. The molecule has 1 aliphatic rings. The third kappa shape index (κ3) is 3.35. The monoisotopic (exact) mass is 327 g/mol. The van der Waals surface area contributed by atoms with Gasteiger partial charge in [-0.3, -0.25) is 20.1 Å². The molecule has 2 aromatic rings. The van der Waals surface area contributed by atoms with Gasteiger partial charge in [-0.1, -0.05) is 49.9 Å². The van der Waals surface area contributed by atoms with Crippen LogP contribution >= 0.6 is 11.8 Å². The van der Waals surface area contributed by atoms with Crippen LogP contribution < -0.4 is 10.4 Å². The number of carbonyl (C=O) groups excluding carboxylic acids is 1. The van der Waals surface area contributed by atoms with Crippen LogP contribution in [0.5, 0.6) is 0 Å². The Labute approximate surface area is 141 Å². The molecule has 0 saturated carbocycles. The Morgan fingerprint density at radius 2 is 1.52 bits per heavy atom. The van der Waals surface area contributed by atoms with E-state index in [1.807, 2.05) is 41.4 Å². The van der Waals surface area contributed by atoms with E-state index < -0.39 is 0 Å². The molecule has 0 spiro atoms. The molecule has 23 heavy (non-hydrogen) atoms. The molecule has 0 aromatic heterocycles. The van der Waals surface area contributed by atoms with Crippen LogP contribution in [0.15, 0.2) is 58.3 Å². The van der Waals surface area contributed by atoms with Crippen molar-refractivity contribution in [3.05, 3.63) is 48.5 Å². The minimum absolute atomic E-state index is 0.00482. The van der Waals surface area contributed by atoms with Crippen molar-refractivity contribution in [3.63, 3.8) is 0 Å². The first kappa shape index (κ1) is 15.9.